The lowest BCUT2D eigenvalue weighted by molar-refractivity contribution is -0.301. The molecule has 0 unspecified atom stereocenters. The summed E-state index contributed by atoms with van der Waals surface area (Å²) in [5, 5.41) is 39.5. The number of aliphatic hydroxyl groups is 4. The van der Waals surface area contributed by atoms with Crippen LogP contribution in [0.15, 0.2) is 30.6 Å². The van der Waals surface area contributed by atoms with Gasteiger partial charge in [0.15, 0.2) is 6.29 Å². The molecule has 3 fully saturated rings. The second-order valence-corrected chi connectivity index (χ2v) is 13.1. The van der Waals surface area contributed by atoms with E-state index in [1.165, 1.54) is 11.0 Å². The highest BCUT2D eigenvalue weighted by atomic mass is 35.5. The number of nitrogens with zero attached hydrogens (tertiary/aromatic N) is 4. The molecule has 4 heterocycles. The molecule has 15 heteroatoms. The van der Waals surface area contributed by atoms with Gasteiger partial charge in [-0.15, -0.1) is 0 Å². The Balaban J connectivity index is 0.937. The Morgan fingerprint density at radius 2 is 1.75 bits per heavy atom. The number of likely N-dealkylation sites (tertiary alicyclic amines) is 1. The zero-order valence-electron chi connectivity index (χ0n) is 26.7. The topological polar surface area (TPSA) is 175 Å². The molecular weight excluding hydrogens is 651 g/mol. The Morgan fingerprint density at radius 3 is 2.44 bits per heavy atom. The Hall–Kier alpha value is -2.98. The largest absolute Gasteiger partial charge is 0.493 e. The van der Waals surface area contributed by atoms with Crippen LogP contribution in [0.2, 0.25) is 5.02 Å². The van der Waals surface area contributed by atoms with Crippen LogP contribution in [0.5, 0.6) is 5.75 Å². The van der Waals surface area contributed by atoms with Crippen LogP contribution in [0.25, 0.3) is 0 Å². The van der Waals surface area contributed by atoms with Gasteiger partial charge < -0.3 is 44.4 Å². The lowest BCUT2D eigenvalue weighted by Gasteiger charge is -2.39. The molecule has 3 aliphatic rings. The molecule has 264 valence electrons. The van der Waals surface area contributed by atoms with Crippen molar-refractivity contribution in [2.45, 2.75) is 75.7 Å². The number of hydrogen-bond donors (Lipinski definition) is 4. The third-order valence-electron chi connectivity index (χ3n) is 9.28. The Morgan fingerprint density at radius 1 is 1.02 bits per heavy atom. The minimum atomic E-state index is -1.53. The lowest BCUT2D eigenvalue weighted by Crippen LogP contribution is -2.59. The van der Waals surface area contributed by atoms with Gasteiger partial charge in [0.2, 0.25) is 11.9 Å². The quantitative estimate of drug-likeness (QED) is 0.198. The molecule has 3 saturated heterocycles. The third-order valence-corrected chi connectivity index (χ3v) is 9.48. The summed E-state index contributed by atoms with van der Waals surface area (Å²) in [5.41, 5.74) is 0.267. The standard InChI is InChI=1S/C33H44ClFN4O9/c34-23-15-36-33(37-16-23)38-9-7-20(8-10-38)3-1-11-46-24-6-5-21(25(35)14-24)13-28(42)39-17-22(18-39)26(41)4-2-12-47-32-31(45)30(44)29(43)27(19-40)48-32/h5-6,14-16,20,22,27,29-32,40,43-45H,1-4,7-13,17-19H2/t27-,29-,30+,31+,32+/m1/s1. The SMILES string of the molecule is O=C(CCCO[C@H]1O[C@H](CO)[C@@H](O)[C@H](O)[C@@H]1O)C1CN(C(=O)Cc2ccc(OCCCC3CCN(c4ncc(Cl)cn4)CC3)cc2F)C1. The average molecular weight is 695 g/mol. The molecule has 0 saturated carbocycles. The normalized spacial score (nSPS) is 25.2. The summed E-state index contributed by atoms with van der Waals surface area (Å²) in [6.45, 7) is 2.27. The van der Waals surface area contributed by atoms with Gasteiger partial charge in [-0.3, -0.25) is 9.59 Å². The molecule has 0 radical (unpaired) electrons. The maximum atomic E-state index is 14.8. The molecule has 5 atom stereocenters. The van der Waals surface area contributed by atoms with Crippen LogP contribution < -0.4 is 9.64 Å². The monoisotopic (exact) mass is 694 g/mol. The smallest absolute Gasteiger partial charge is 0.227 e. The summed E-state index contributed by atoms with van der Waals surface area (Å²) in [6.07, 6.45) is 0.730. The highest BCUT2D eigenvalue weighted by Crippen LogP contribution is 2.26. The number of carbonyl (C=O) groups is 2. The number of aliphatic hydroxyl groups excluding tert-OH is 4. The van der Waals surface area contributed by atoms with E-state index in [2.05, 4.69) is 14.9 Å². The van der Waals surface area contributed by atoms with Crippen LogP contribution in [0.3, 0.4) is 0 Å². The minimum Gasteiger partial charge on any atom is -0.493 e. The average Bonchev–Trinajstić information content (AvgIpc) is 3.06. The van der Waals surface area contributed by atoms with E-state index < -0.39 is 43.1 Å². The fourth-order valence-corrected chi connectivity index (χ4v) is 6.33. The highest BCUT2D eigenvalue weighted by Gasteiger charge is 2.44. The number of hydrogen-bond acceptors (Lipinski definition) is 12. The van der Waals surface area contributed by atoms with Gasteiger partial charge in [-0.05, 0) is 49.7 Å². The number of benzene rings is 1. The minimum absolute atomic E-state index is 0.0397. The van der Waals surface area contributed by atoms with Gasteiger partial charge in [0.1, 0.15) is 41.8 Å². The zero-order valence-corrected chi connectivity index (χ0v) is 27.5. The Bertz CT molecular complexity index is 1360. The molecule has 0 bridgehead atoms. The number of ketones is 1. The van der Waals surface area contributed by atoms with Crippen LogP contribution in [0.4, 0.5) is 10.3 Å². The molecule has 0 aliphatic carbocycles. The Labute approximate surface area is 283 Å². The summed E-state index contributed by atoms with van der Waals surface area (Å²) in [5.74, 6) is 0.582. The van der Waals surface area contributed by atoms with Crippen LogP contribution in [-0.2, 0) is 25.5 Å². The van der Waals surface area contributed by atoms with Gasteiger partial charge in [-0.25, -0.2) is 14.4 Å². The van der Waals surface area contributed by atoms with E-state index in [1.807, 2.05) is 0 Å². The number of rotatable bonds is 15. The van der Waals surface area contributed by atoms with Gasteiger partial charge in [0.05, 0.1) is 49.6 Å². The fourth-order valence-electron chi connectivity index (χ4n) is 6.23. The second-order valence-electron chi connectivity index (χ2n) is 12.7. The third kappa shape index (κ3) is 9.37. The van der Waals surface area contributed by atoms with Crippen LogP contribution in [0.1, 0.15) is 44.1 Å². The predicted octanol–water partition coefficient (Wildman–Crippen LogP) is 1.51. The van der Waals surface area contributed by atoms with Crippen molar-refractivity contribution in [1.82, 2.24) is 14.9 Å². The predicted molar refractivity (Wildman–Crippen MR) is 171 cm³/mol. The van der Waals surface area contributed by atoms with Crippen molar-refractivity contribution >= 4 is 29.2 Å². The van der Waals surface area contributed by atoms with E-state index in [1.54, 1.807) is 24.5 Å². The van der Waals surface area contributed by atoms with Crippen LogP contribution >= 0.6 is 11.6 Å². The van der Waals surface area contributed by atoms with Gasteiger partial charge in [-0.2, -0.15) is 0 Å². The number of anilines is 1. The van der Waals surface area contributed by atoms with Crippen molar-refractivity contribution < 1.29 is 48.6 Å². The summed E-state index contributed by atoms with van der Waals surface area (Å²) < 4.78 is 31.3. The van der Waals surface area contributed by atoms with Gasteiger partial charge in [-0.1, -0.05) is 17.7 Å². The van der Waals surface area contributed by atoms with Crippen molar-refractivity contribution in [3.63, 3.8) is 0 Å². The van der Waals surface area contributed by atoms with Crippen molar-refractivity contribution in [2.24, 2.45) is 11.8 Å². The number of amides is 1. The molecule has 5 rings (SSSR count). The van der Waals surface area contributed by atoms with E-state index >= 15 is 0 Å². The molecule has 48 heavy (non-hydrogen) atoms. The Kier molecular flexibility index (Phi) is 12.9. The van der Waals surface area contributed by atoms with Crippen LogP contribution in [0, 0.1) is 17.7 Å². The number of halogens is 2. The molecule has 4 N–H and O–H groups in total. The van der Waals surface area contributed by atoms with Crippen LogP contribution in [-0.4, -0.2) is 124 Å². The summed E-state index contributed by atoms with van der Waals surface area (Å²) >= 11 is 5.88. The number of Topliss-reactive ketones (excluding diaryl/α,β-unsaturated/α-hetero) is 1. The zero-order chi connectivity index (χ0) is 34.2. The molecule has 1 amide bonds. The van der Waals surface area contributed by atoms with Gasteiger partial charge in [0, 0.05) is 38.7 Å². The molecule has 1 aromatic carbocycles. The molecule has 13 nitrogen and oxygen atoms in total. The molecular formula is C33H44ClFN4O9. The summed E-state index contributed by atoms with van der Waals surface area (Å²) in [4.78, 5) is 37.6. The molecule has 2 aromatic rings. The maximum Gasteiger partial charge on any atom is 0.227 e. The number of aromatic nitrogens is 2. The van der Waals surface area contributed by atoms with Gasteiger partial charge >= 0.3 is 0 Å². The first-order valence-electron chi connectivity index (χ1n) is 16.5. The van der Waals surface area contributed by atoms with Crippen molar-refractivity contribution in [3.8, 4) is 5.75 Å². The van der Waals surface area contributed by atoms with Gasteiger partial charge in [0.25, 0.3) is 0 Å². The van der Waals surface area contributed by atoms with E-state index in [-0.39, 0.29) is 55.7 Å². The highest BCUT2D eigenvalue weighted by molar-refractivity contribution is 6.30. The first-order valence-corrected chi connectivity index (χ1v) is 16.9. The lowest BCUT2D eigenvalue weighted by atomic mass is 9.92. The summed E-state index contributed by atoms with van der Waals surface area (Å²) in [7, 11) is 0. The van der Waals surface area contributed by atoms with E-state index in [0.29, 0.717) is 35.7 Å². The van der Waals surface area contributed by atoms with E-state index in [9.17, 15) is 34.4 Å². The molecule has 1 aromatic heterocycles. The first kappa shape index (κ1) is 36.3. The fraction of sp³-hybridized carbons (Fsp3) is 0.636. The number of piperidine rings is 1. The van der Waals surface area contributed by atoms with E-state index in [4.69, 9.17) is 25.8 Å². The number of carbonyl (C=O) groups excluding carboxylic acids is 2. The van der Waals surface area contributed by atoms with Crippen molar-refractivity contribution in [1.29, 1.82) is 0 Å². The number of ether oxygens (including phenoxy) is 3. The molecule has 0 spiro atoms. The maximum absolute atomic E-state index is 14.8. The van der Waals surface area contributed by atoms with Crippen molar-refractivity contribution in [3.05, 3.63) is 47.0 Å². The van der Waals surface area contributed by atoms with E-state index in [0.717, 1.165) is 38.8 Å². The molecule has 3 aliphatic heterocycles. The van der Waals surface area contributed by atoms with Crippen molar-refractivity contribution in [2.75, 3.05) is 50.9 Å². The summed E-state index contributed by atoms with van der Waals surface area (Å²) in [6, 6.07) is 4.54. The first-order chi connectivity index (χ1) is 23.1. The second kappa shape index (κ2) is 17.1.